The van der Waals surface area contributed by atoms with Crippen LogP contribution in [-0.2, 0) is 22.6 Å². The summed E-state index contributed by atoms with van der Waals surface area (Å²) < 4.78 is 6.35. The van der Waals surface area contributed by atoms with Gasteiger partial charge in [0.15, 0.2) is 5.60 Å². The van der Waals surface area contributed by atoms with Crippen molar-refractivity contribution in [1.82, 2.24) is 24.8 Å². The highest BCUT2D eigenvalue weighted by molar-refractivity contribution is 5.88. The van der Waals surface area contributed by atoms with Crippen molar-refractivity contribution in [3.05, 3.63) is 90.3 Å². The molecule has 3 aromatic rings. The van der Waals surface area contributed by atoms with Crippen LogP contribution in [-0.4, -0.2) is 62.5 Å². The topological polar surface area (TPSA) is 71.5 Å². The number of rotatable bonds is 5. The minimum atomic E-state index is -0.906. The summed E-state index contributed by atoms with van der Waals surface area (Å²) in [6, 6.07) is 11.9. The standard InChI is InChI=1S/C24H25N5O2/c30-23-24(31-12-11-29(23)16-19-5-9-25-10-6-19)18-28(15-20-3-1-7-26-13-20)17-22(24)21-4-2-8-27-14-21/h1-10,13-14,22H,11-12,15-18H2/t22-,24-/m0/s1. The average molecular weight is 415 g/mol. The van der Waals surface area contributed by atoms with Crippen LogP contribution >= 0.6 is 0 Å². The molecule has 5 rings (SSSR count). The molecule has 0 N–H and O–H groups in total. The molecule has 31 heavy (non-hydrogen) atoms. The molecule has 3 aromatic heterocycles. The van der Waals surface area contributed by atoms with Crippen LogP contribution in [0.25, 0.3) is 0 Å². The molecule has 1 spiro atoms. The lowest BCUT2D eigenvalue weighted by Crippen LogP contribution is -2.59. The number of hydrogen-bond acceptors (Lipinski definition) is 6. The highest BCUT2D eigenvalue weighted by atomic mass is 16.5. The highest BCUT2D eigenvalue weighted by Crippen LogP contribution is 2.42. The maximum atomic E-state index is 13.9. The van der Waals surface area contributed by atoms with Gasteiger partial charge in [0.1, 0.15) is 0 Å². The number of morpholine rings is 1. The third-order valence-corrected chi connectivity index (χ3v) is 6.17. The molecule has 7 heteroatoms. The summed E-state index contributed by atoms with van der Waals surface area (Å²) in [5.41, 5.74) is 2.33. The number of ether oxygens (including phenoxy) is 1. The number of aromatic nitrogens is 3. The smallest absolute Gasteiger partial charge is 0.257 e. The van der Waals surface area contributed by atoms with Gasteiger partial charge in [0.2, 0.25) is 0 Å². The van der Waals surface area contributed by atoms with Crippen molar-refractivity contribution < 1.29 is 9.53 Å². The van der Waals surface area contributed by atoms with E-state index in [1.54, 1.807) is 24.8 Å². The van der Waals surface area contributed by atoms with Crippen molar-refractivity contribution in [2.75, 3.05) is 26.2 Å². The van der Waals surface area contributed by atoms with Gasteiger partial charge in [-0.3, -0.25) is 24.6 Å². The Balaban J connectivity index is 1.45. The number of carbonyl (C=O) groups excluding carboxylic acids is 1. The van der Waals surface area contributed by atoms with Crippen molar-refractivity contribution in [2.45, 2.75) is 24.6 Å². The molecule has 1 amide bonds. The monoisotopic (exact) mass is 415 g/mol. The molecule has 0 unspecified atom stereocenters. The van der Waals surface area contributed by atoms with Gasteiger partial charge in [0.05, 0.1) is 6.61 Å². The summed E-state index contributed by atoms with van der Waals surface area (Å²) in [7, 11) is 0. The predicted octanol–water partition coefficient (Wildman–Crippen LogP) is 2.27. The van der Waals surface area contributed by atoms with Crippen LogP contribution in [0.3, 0.4) is 0 Å². The zero-order valence-electron chi connectivity index (χ0n) is 17.3. The van der Waals surface area contributed by atoms with E-state index in [1.165, 1.54) is 0 Å². The van der Waals surface area contributed by atoms with E-state index in [4.69, 9.17) is 4.74 Å². The first-order valence-electron chi connectivity index (χ1n) is 10.6. The van der Waals surface area contributed by atoms with E-state index >= 15 is 0 Å². The van der Waals surface area contributed by atoms with Crippen LogP contribution in [0, 0.1) is 0 Å². The summed E-state index contributed by atoms with van der Waals surface area (Å²) in [5.74, 6) is -0.0243. The fourth-order valence-electron chi connectivity index (χ4n) is 4.73. The Kier molecular flexibility index (Phi) is 5.44. The van der Waals surface area contributed by atoms with Crippen LogP contribution in [0.5, 0.6) is 0 Å². The maximum absolute atomic E-state index is 13.9. The van der Waals surface area contributed by atoms with Gasteiger partial charge in [-0.15, -0.1) is 0 Å². The van der Waals surface area contributed by atoms with Gasteiger partial charge in [-0.25, -0.2) is 0 Å². The van der Waals surface area contributed by atoms with Crippen molar-refractivity contribution in [1.29, 1.82) is 0 Å². The largest absolute Gasteiger partial charge is 0.361 e. The van der Waals surface area contributed by atoms with Gasteiger partial charge in [-0.2, -0.15) is 0 Å². The van der Waals surface area contributed by atoms with E-state index in [-0.39, 0.29) is 11.8 Å². The zero-order valence-corrected chi connectivity index (χ0v) is 17.3. The SMILES string of the molecule is O=C1N(Cc2ccncc2)CCO[C@]12CN(Cc1cccnc1)C[C@H]2c1cccnc1. The molecule has 7 nitrogen and oxygen atoms in total. The highest BCUT2D eigenvalue weighted by Gasteiger charge is 2.56. The van der Waals surface area contributed by atoms with Gasteiger partial charge in [0, 0.05) is 75.8 Å². The lowest BCUT2D eigenvalue weighted by Gasteiger charge is -2.42. The molecule has 2 aliphatic heterocycles. The molecule has 2 atom stereocenters. The summed E-state index contributed by atoms with van der Waals surface area (Å²) in [4.78, 5) is 30.7. The van der Waals surface area contributed by atoms with E-state index < -0.39 is 5.60 Å². The average Bonchev–Trinajstić information content (AvgIpc) is 3.17. The number of hydrogen-bond donors (Lipinski definition) is 0. The van der Waals surface area contributed by atoms with Crippen LogP contribution in [0.1, 0.15) is 22.6 Å². The van der Waals surface area contributed by atoms with Gasteiger partial charge < -0.3 is 9.64 Å². The first-order valence-corrected chi connectivity index (χ1v) is 10.6. The first kappa shape index (κ1) is 19.8. The van der Waals surface area contributed by atoms with Gasteiger partial charge in [-0.1, -0.05) is 12.1 Å². The maximum Gasteiger partial charge on any atom is 0.257 e. The van der Waals surface area contributed by atoms with Gasteiger partial charge >= 0.3 is 0 Å². The number of nitrogens with zero attached hydrogens (tertiary/aromatic N) is 5. The fourth-order valence-corrected chi connectivity index (χ4v) is 4.73. The van der Waals surface area contributed by atoms with Crippen LogP contribution in [0.2, 0.25) is 0 Å². The Morgan fingerprint density at radius 3 is 2.48 bits per heavy atom. The third kappa shape index (κ3) is 3.94. The quantitative estimate of drug-likeness (QED) is 0.637. The van der Waals surface area contributed by atoms with E-state index in [0.717, 1.165) is 29.8 Å². The van der Waals surface area contributed by atoms with Crippen LogP contribution in [0.4, 0.5) is 0 Å². The number of pyridine rings is 3. The molecule has 0 bridgehead atoms. The lowest BCUT2D eigenvalue weighted by molar-refractivity contribution is -0.173. The summed E-state index contributed by atoms with van der Waals surface area (Å²) in [6.07, 6.45) is 10.8. The molecule has 5 heterocycles. The molecular formula is C24H25N5O2. The molecule has 0 aliphatic carbocycles. The normalized spacial score (nSPS) is 24.1. The van der Waals surface area contributed by atoms with Gasteiger partial charge in [-0.05, 0) is 41.0 Å². The van der Waals surface area contributed by atoms with Crippen molar-refractivity contribution in [2.24, 2.45) is 0 Å². The Labute approximate surface area is 181 Å². The van der Waals surface area contributed by atoms with E-state index in [1.807, 2.05) is 47.6 Å². The first-order chi connectivity index (χ1) is 15.2. The minimum Gasteiger partial charge on any atom is -0.361 e. The predicted molar refractivity (Wildman–Crippen MR) is 115 cm³/mol. The van der Waals surface area contributed by atoms with Crippen LogP contribution < -0.4 is 0 Å². The summed E-state index contributed by atoms with van der Waals surface area (Å²) >= 11 is 0. The fraction of sp³-hybridized carbons (Fsp3) is 0.333. The van der Waals surface area contributed by atoms with Crippen LogP contribution in [0.15, 0.2) is 73.6 Å². The zero-order chi connectivity index (χ0) is 21.1. The number of amides is 1. The molecule has 0 radical (unpaired) electrons. The Morgan fingerprint density at radius 1 is 0.935 bits per heavy atom. The summed E-state index contributed by atoms with van der Waals surface area (Å²) in [5, 5.41) is 0. The van der Waals surface area contributed by atoms with E-state index in [2.05, 4.69) is 25.9 Å². The lowest BCUT2D eigenvalue weighted by atomic mass is 9.83. The Morgan fingerprint density at radius 2 is 1.74 bits per heavy atom. The van der Waals surface area contributed by atoms with Crippen molar-refractivity contribution in [3.63, 3.8) is 0 Å². The molecule has 2 saturated heterocycles. The molecule has 2 aliphatic rings. The molecule has 0 saturated carbocycles. The second-order valence-electron chi connectivity index (χ2n) is 8.19. The Hall–Kier alpha value is -3.16. The molecule has 158 valence electrons. The Bertz CT molecular complexity index is 1020. The summed E-state index contributed by atoms with van der Waals surface area (Å²) in [6.45, 7) is 3.68. The number of carbonyl (C=O) groups is 1. The van der Waals surface area contributed by atoms with Crippen molar-refractivity contribution in [3.8, 4) is 0 Å². The van der Waals surface area contributed by atoms with Gasteiger partial charge in [0.25, 0.3) is 5.91 Å². The van der Waals surface area contributed by atoms with Crippen molar-refractivity contribution >= 4 is 5.91 Å². The molecular weight excluding hydrogens is 390 g/mol. The molecule has 2 fully saturated rings. The molecule has 0 aromatic carbocycles. The number of likely N-dealkylation sites (tertiary alicyclic amines) is 1. The van der Waals surface area contributed by atoms with E-state index in [9.17, 15) is 4.79 Å². The second-order valence-corrected chi connectivity index (χ2v) is 8.19. The van der Waals surface area contributed by atoms with E-state index in [0.29, 0.717) is 26.2 Å². The third-order valence-electron chi connectivity index (χ3n) is 6.17. The minimum absolute atomic E-state index is 0.0538. The second kappa shape index (κ2) is 8.53.